The van der Waals surface area contributed by atoms with E-state index in [1.165, 1.54) is 11.3 Å². The van der Waals surface area contributed by atoms with Crippen molar-refractivity contribution in [3.8, 4) is 17.4 Å². The molecule has 1 aromatic heterocycles. The second-order valence-electron chi connectivity index (χ2n) is 7.21. The van der Waals surface area contributed by atoms with Gasteiger partial charge in [-0.15, -0.1) is 0 Å². The van der Waals surface area contributed by atoms with Crippen LogP contribution in [-0.2, 0) is 6.42 Å². The van der Waals surface area contributed by atoms with Gasteiger partial charge in [-0.25, -0.2) is 5.01 Å². The molecule has 3 N–H and O–H groups in total. The van der Waals surface area contributed by atoms with Gasteiger partial charge in [0.2, 0.25) is 11.0 Å². The van der Waals surface area contributed by atoms with Crippen LogP contribution in [0.25, 0.3) is 0 Å². The number of nitrogens with two attached hydrogens (primary N) is 1. The molecule has 1 unspecified atom stereocenters. The van der Waals surface area contributed by atoms with Crippen LogP contribution >= 0.6 is 11.3 Å². The molecule has 156 valence electrons. The summed E-state index contributed by atoms with van der Waals surface area (Å²) < 4.78 is 11.1. The molecule has 7 nitrogen and oxygen atoms in total. The van der Waals surface area contributed by atoms with E-state index in [9.17, 15) is 5.11 Å². The van der Waals surface area contributed by atoms with Crippen molar-refractivity contribution in [2.45, 2.75) is 26.3 Å². The standard InChI is InChI=1S/C22H24N4O3S/c1-12-9-15-10-18(28-3)19(29-4)11-17(15)20(14-5-7-16(23)8-6-14)25-26(12)22-24-21(27)13(2)30-22/h5-8,10-12,27H,9,23H2,1-4H3. The first kappa shape index (κ1) is 20.0. The maximum Gasteiger partial charge on any atom is 0.226 e. The smallest absolute Gasteiger partial charge is 0.226 e. The Morgan fingerprint density at radius 2 is 1.80 bits per heavy atom. The summed E-state index contributed by atoms with van der Waals surface area (Å²) in [6.07, 6.45) is 0.719. The van der Waals surface area contributed by atoms with Gasteiger partial charge in [-0.2, -0.15) is 10.1 Å². The van der Waals surface area contributed by atoms with E-state index >= 15 is 0 Å². The van der Waals surface area contributed by atoms with Crippen molar-refractivity contribution in [2.24, 2.45) is 5.10 Å². The molecule has 2 heterocycles. The number of nitrogens with zero attached hydrogens (tertiary/aromatic N) is 3. The van der Waals surface area contributed by atoms with Crippen LogP contribution < -0.4 is 20.2 Å². The Labute approximate surface area is 179 Å². The molecule has 4 rings (SSSR count). The SMILES string of the molecule is COc1cc2c(cc1OC)C(c1ccc(N)cc1)=NN(c1nc(O)c(C)s1)C(C)C2. The quantitative estimate of drug-likeness (QED) is 0.616. The van der Waals surface area contributed by atoms with E-state index in [4.69, 9.17) is 20.3 Å². The molecule has 0 spiro atoms. The van der Waals surface area contributed by atoms with Crippen molar-refractivity contribution < 1.29 is 14.6 Å². The number of hydrogen-bond acceptors (Lipinski definition) is 8. The zero-order chi connectivity index (χ0) is 21.4. The Hall–Kier alpha value is -3.26. The zero-order valence-corrected chi connectivity index (χ0v) is 18.2. The highest BCUT2D eigenvalue weighted by molar-refractivity contribution is 7.15. The summed E-state index contributed by atoms with van der Waals surface area (Å²) in [6, 6.07) is 11.6. The van der Waals surface area contributed by atoms with Gasteiger partial charge in [0.05, 0.1) is 30.9 Å². The number of nitrogen functional groups attached to an aromatic ring is 1. The van der Waals surface area contributed by atoms with Crippen molar-refractivity contribution in [3.05, 3.63) is 58.0 Å². The van der Waals surface area contributed by atoms with Crippen molar-refractivity contribution >= 4 is 27.9 Å². The topological polar surface area (TPSA) is 93.2 Å². The van der Waals surface area contributed by atoms with E-state index in [1.807, 2.05) is 48.3 Å². The molecule has 1 aliphatic heterocycles. The van der Waals surface area contributed by atoms with Crippen molar-refractivity contribution in [3.63, 3.8) is 0 Å². The number of thiazole rings is 1. The second kappa shape index (κ2) is 7.87. The Bertz CT molecular complexity index is 1090. The lowest BCUT2D eigenvalue weighted by Gasteiger charge is -2.22. The first-order chi connectivity index (χ1) is 14.4. The average molecular weight is 425 g/mol. The van der Waals surface area contributed by atoms with Gasteiger partial charge in [-0.3, -0.25) is 0 Å². The molecule has 0 amide bonds. The summed E-state index contributed by atoms with van der Waals surface area (Å²) in [5, 5.41) is 17.6. The van der Waals surface area contributed by atoms with Gasteiger partial charge in [-0.05, 0) is 50.1 Å². The lowest BCUT2D eigenvalue weighted by molar-refractivity contribution is 0.354. The van der Waals surface area contributed by atoms with Crippen molar-refractivity contribution in [1.82, 2.24) is 4.98 Å². The van der Waals surface area contributed by atoms with E-state index in [0.717, 1.165) is 33.7 Å². The lowest BCUT2D eigenvalue weighted by atomic mass is 9.94. The van der Waals surface area contributed by atoms with Crippen molar-refractivity contribution in [1.29, 1.82) is 0 Å². The summed E-state index contributed by atoms with van der Waals surface area (Å²) in [6.45, 7) is 3.93. The first-order valence-corrected chi connectivity index (χ1v) is 10.4. The fourth-order valence-corrected chi connectivity index (χ4v) is 4.39. The number of aromatic nitrogens is 1. The summed E-state index contributed by atoms with van der Waals surface area (Å²) in [7, 11) is 3.25. The highest BCUT2D eigenvalue weighted by Crippen LogP contribution is 2.37. The Balaban J connectivity index is 1.94. The molecule has 0 aliphatic carbocycles. The molecular formula is C22H24N4O3S. The van der Waals surface area contributed by atoms with Crippen LogP contribution in [0.2, 0.25) is 0 Å². The molecule has 2 aromatic carbocycles. The molecule has 1 atom stereocenters. The van der Waals surface area contributed by atoms with E-state index in [-0.39, 0.29) is 11.9 Å². The van der Waals surface area contributed by atoms with E-state index < -0.39 is 0 Å². The van der Waals surface area contributed by atoms with Crippen LogP contribution in [0.5, 0.6) is 17.4 Å². The molecule has 1 aliphatic rings. The summed E-state index contributed by atoms with van der Waals surface area (Å²) in [5.41, 5.74) is 10.3. The first-order valence-electron chi connectivity index (χ1n) is 9.56. The number of aromatic hydroxyl groups is 1. The molecule has 30 heavy (non-hydrogen) atoms. The summed E-state index contributed by atoms with van der Waals surface area (Å²) in [5.74, 6) is 1.36. The van der Waals surface area contributed by atoms with Gasteiger partial charge >= 0.3 is 0 Å². The van der Waals surface area contributed by atoms with Crippen LogP contribution in [0.4, 0.5) is 10.8 Å². The highest BCUT2D eigenvalue weighted by atomic mass is 32.1. The predicted molar refractivity (Wildman–Crippen MR) is 120 cm³/mol. The molecule has 0 saturated carbocycles. The van der Waals surface area contributed by atoms with Gasteiger partial charge in [0.25, 0.3) is 0 Å². The van der Waals surface area contributed by atoms with Crippen LogP contribution in [0.15, 0.2) is 41.5 Å². The molecule has 0 bridgehead atoms. The number of aryl methyl sites for hydroxylation is 1. The van der Waals surface area contributed by atoms with Gasteiger partial charge in [0, 0.05) is 16.8 Å². The van der Waals surface area contributed by atoms with Gasteiger partial charge in [-0.1, -0.05) is 23.5 Å². The van der Waals surface area contributed by atoms with Crippen LogP contribution in [-0.4, -0.2) is 36.1 Å². The average Bonchev–Trinajstić information content (AvgIpc) is 2.99. The third kappa shape index (κ3) is 3.54. The maximum absolute atomic E-state index is 10.0. The fourth-order valence-electron chi connectivity index (χ4n) is 3.53. The number of anilines is 2. The van der Waals surface area contributed by atoms with E-state index in [2.05, 4.69) is 11.9 Å². The number of rotatable bonds is 4. The van der Waals surface area contributed by atoms with Crippen LogP contribution in [0.1, 0.15) is 28.5 Å². The summed E-state index contributed by atoms with van der Waals surface area (Å²) >= 11 is 1.42. The maximum atomic E-state index is 10.0. The predicted octanol–water partition coefficient (Wildman–Crippen LogP) is 3.96. The van der Waals surface area contributed by atoms with Gasteiger partial charge in [0.1, 0.15) is 0 Å². The Morgan fingerprint density at radius 3 is 2.40 bits per heavy atom. The third-order valence-electron chi connectivity index (χ3n) is 5.15. The van der Waals surface area contributed by atoms with Crippen molar-refractivity contribution in [2.75, 3.05) is 25.0 Å². The number of hydrazone groups is 1. The van der Waals surface area contributed by atoms with Crippen LogP contribution in [0.3, 0.4) is 0 Å². The minimum atomic E-state index is 0.0121. The highest BCUT2D eigenvalue weighted by Gasteiger charge is 2.28. The number of fused-ring (bicyclic) bond motifs is 1. The summed E-state index contributed by atoms with van der Waals surface area (Å²) in [4.78, 5) is 5.08. The van der Waals surface area contributed by atoms with Crippen LogP contribution in [0, 0.1) is 6.92 Å². The zero-order valence-electron chi connectivity index (χ0n) is 17.3. The molecule has 0 saturated heterocycles. The fraction of sp³-hybridized carbons (Fsp3) is 0.273. The minimum Gasteiger partial charge on any atom is -0.493 e. The lowest BCUT2D eigenvalue weighted by Crippen LogP contribution is -2.29. The van der Waals surface area contributed by atoms with Gasteiger partial charge in [0.15, 0.2) is 11.5 Å². The normalized spacial score (nSPS) is 15.9. The third-order valence-corrected chi connectivity index (χ3v) is 6.10. The molecule has 0 radical (unpaired) electrons. The van der Waals surface area contributed by atoms with E-state index in [1.54, 1.807) is 14.2 Å². The number of benzene rings is 2. The molecular weight excluding hydrogens is 400 g/mol. The Morgan fingerprint density at radius 1 is 1.13 bits per heavy atom. The molecule has 8 heteroatoms. The number of methoxy groups -OCH3 is 2. The second-order valence-corrected chi connectivity index (χ2v) is 8.39. The number of ether oxygens (including phenoxy) is 2. The number of hydrogen-bond donors (Lipinski definition) is 2. The molecule has 3 aromatic rings. The molecule has 0 fully saturated rings. The van der Waals surface area contributed by atoms with Gasteiger partial charge < -0.3 is 20.3 Å². The monoisotopic (exact) mass is 424 g/mol. The Kier molecular flexibility index (Phi) is 5.26. The minimum absolute atomic E-state index is 0.0121. The van der Waals surface area contributed by atoms with E-state index in [0.29, 0.717) is 22.3 Å². The largest absolute Gasteiger partial charge is 0.493 e.